The Morgan fingerprint density at radius 2 is 1.95 bits per heavy atom. The molecule has 4 heteroatoms. The van der Waals surface area contributed by atoms with Crippen LogP contribution in [0.25, 0.3) is 0 Å². The minimum absolute atomic E-state index is 0.214. The molecule has 0 aromatic carbocycles. The molecule has 0 spiro atoms. The van der Waals surface area contributed by atoms with Crippen LogP contribution in [-0.2, 0) is 4.79 Å². The highest BCUT2D eigenvalue weighted by Crippen LogP contribution is 2.37. The maximum atomic E-state index is 11.8. The van der Waals surface area contributed by atoms with Crippen LogP contribution >= 0.6 is 0 Å². The molecule has 0 heterocycles. The quantitative estimate of drug-likeness (QED) is 0.786. The Hall–Kier alpha value is -0.610. The second kappa shape index (κ2) is 6.44. The van der Waals surface area contributed by atoms with Gasteiger partial charge in [-0.2, -0.15) is 0 Å². The first-order chi connectivity index (χ1) is 9.48. The molecule has 2 saturated carbocycles. The van der Waals surface area contributed by atoms with Gasteiger partial charge in [-0.1, -0.05) is 19.8 Å². The Morgan fingerprint density at radius 1 is 1.30 bits per heavy atom. The standard InChI is InChI=1S/C16H30N2O2/c1-4-18(13-7-5-6-8-13)14-9-10-16(11-14,15(19)20)17-12(2)3/h12-14,17H,4-11H2,1-3H3,(H,19,20). The molecule has 0 radical (unpaired) electrons. The van der Waals surface area contributed by atoms with E-state index in [0.717, 1.165) is 25.8 Å². The van der Waals surface area contributed by atoms with Crippen LogP contribution in [0.3, 0.4) is 0 Å². The van der Waals surface area contributed by atoms with Crippen molar-refractivity contribution < 1.29 is 9.90 Å². The summed E-state index contributed by atoms with van der Waals surface area (Å²) in [5.41, 5.74) is -0.704. The molecular formula is C16H30N2O2. The third kappa shape index (κ3) is 3.17. The molecule has 2 fully saturated rings. The molecule has 2 aliphatic rings. The van der Waals surface area contributed by atoms with Crippen LogP contribution < -0.4 is 5.32 Å². The third-order valence-electron chi connectivity index (χ3n) is 5.09. The van der Waals surface area contributed by atoms with Crippen molar-refractivity contribution in [1.29, 1.82) is 0 Å². The van der Waals surface area contributed by atoms with E-state index in [2.05, 4.69) is 17.1 Å². The fourth-order valence-corrected chi connectivity index (χ4v) is 4.29. The van der Waals surface area contributed by atoms with E-state index in [1.807, 2.05) is 13.8 Å². The van der Waals surface area contributed by atoms with Crippen LogP contribution in [0, 0.1) is 0 Å². The zero-order valence-corrected chi connectivity index (χ0v) is 13.2. The van der Waals surface area contributed by atoms with E-state index in [1.165, 1.54) is 25.7 Å². The molecule has 0 amide bonds. The van der Waals surface area contributed by atoms with Gasteiger partial charge in [-0.05, 0) is 52.5 Å². The molecule has 2 N–H and O–H groups in total. The predicted octanol–water partition coefficient (Wildman–Crippen LogP) is 2.62. The Labute approximate surface area is 122 Å². The van der Waals surface area contributed by atoms with Crippen molar-refractivity contribution in [3.8, 4) is 0 Å². The van der Waals surface area contributed by atoms with Crippen molar-refractivity contribution in [2.24, 2.45) is 0 Å². The number of hydrogen-bond acceptors (Lipinski definition) is 3. The molecule has 0 aromatic heterocycles. The van der Waals surface area contributed by atoms with E-state index in [0.29, 0.717) is 12.1 Å². The van der Waals surface area contributed by atoms with Crippen LogP contribution in [0.2, 0.25) is 0 Å². The first-order valence-corrected chi connectivity index (χ1v) is 8.25. The lowest BCUT2D eigenvalue weighted by atomic mass is 9.96. The van der Waals surface area contributed by atoms with E-state index in [9.17, 15) is 9.90 Å². The smallest absolute Gasteiger partial charge is 0.323 e. The van der Waals surface area contributed by atoms with Crippen LogP contribution in [0.5, 0.6) is 0 Å². The summed E-state index contributed by atoms with van der Waals surface area (Å²) in [6.45, 7) is 7.33. The van der Waals surface area contributed by atoms with Crippen LogP contribution in [0.15, 0.2) is 0 Å². The van der Waals surface area contributed by atoms with E-state index >= 15 is 0 Å². The number of hydrogen-bond donors (Lipinski definition) is 2. The summed E-state index contributed by atoms with van der Waals surface area (Å²) in [7, 11) is 0. The Morgan fingerprint density at radius 3 is 2.45 bits per heavy atom. The van der Waals surface area contributed by atoms with Crippen molar-refractivity contribution in [3.05, 3.63) is 0 Å². The van der Waals surface area contributed by atoms with Crippen LogP contribution in [0.1, 0.15) is 65.7 Å². The molecule has 116 valence electrons. The van der Waals surface area contributed by atoms with Crippen LogP contribution in [0.4, 0.5) is 0 Å². The van der Waals surface area contributed by atoms with Gasteiger partial charge in [-0.25, -0.2) is 0 Å². The largest absolute Gasteiger partial charge is 0.480 e. The molecule has 2 unspecified atom stereocenters. The zero-order chi connectivity index (χ0) is 14.8. The summed E-state index contributed by atoms with van der Waals surface area (Å²) in [5.74, 6) is -0.670. The maximum Gasteiger partial charge on any atom is 0.323 e. The summed E-state index contributed by atoms with van der Waals surface area (Å²) in [5, 5.41) is 13.0. The topological polar surface area (TPSA) is 52.6 Å². The summed E-state index contributed by atoms with van der Waals surface area (Å²) in [4.78, 5) is 14.3. The highest BCUT2D eigenvalue weighted by molar-refractivity contribution is 5.79. The summed E-state index contributed by atoms with van der Waals surface area (Å²) in [6.07, 6.45) is 7.78. The summed E-state index contributed by atoms with van der Waals surface area (Å²) in [6, 6.07) is 1.34. The normalized spacial score (nSPS) is 31.6. The number of aliphatic carboxylic acids is 1. The van der Waals surface area contributed by atoms with Crippen molar-refractivity contribution in [3.63, 3.8) is 0 Å². The lowest BCUT2D eigenvalue weighted by Crippen LogP contribution is -2.54. The monoisotopic (exact) mass is 282 g/mol. The average Bonchev–Trinajstić information content (AvgIpc) is 3.01. The Bertz CT molecular complexity index is 339. The van der Waals surface area contributed by atoms with Crippen LogP contribution in [-0.4, -0.2) is 46.2 Å². The minimum atomic E-state index is -0.704. The molecule has 20 heavy (non-hydrogen) atoms. The van der Waals surface area contributed by atoms with Crippen molar-refractivity contribution in [2.45, 2.75) is 89.4 Å². The molecule has 0 saturated heterocycles. The van der Waals surface area contributed by atoms with Gasteiger partial charge in [0.1, 0.15) is 5.54 Å². The van der Waals surface area contributed by atoms with Gasteiger partial charge in [-0.3, -0.25) is 15.0 Å². The van der Waals surface area contributed by atoms with E-state index in [4.69, 9.17) is 0 Å². The molecular weight excluding hydrogens is 252 g/mol. The first-order valence-electron chi connectivity index (χ1n) is 8.25. The van der Waals surface area contributed by atoms with E-state index in [-0.39, 0.29) is 6.04 Å². The first kappa shape index (κ1) is 15.8. The zero-order valence-electron chi connectivity index (χ0n) is 13.2. The molecule has 0 aliphatic heterocycles. The molecule has 0 bridgehead atoms. The third-order valence-corrected chi connectivity index (χ3v) is 5.09. The molecule has 2 rings (SSSR count). The Kier molecular flexibility index (Phi) is 5.08. The molecule has 4 nitrogen and oxygen atoms in total. The van der Waals surface area contributed by atoms with Gasteiger partial charge >= 0.3 is 5.97 Å². The van der Waals surface area contributed by atoms with Gasteiger partial charge in [-0.15, -0.1) is 0 Å². The number of carboxylic acid groups (broad SMARTS) is 1. The average molecular weight is 282 g/mol. The van der Waals surface area contributed by atoms with Crippen molar-refractivity contribution >= 4 is 5.97 Å². The molecule has 0 aromatic rings. The van der Waals surface area contributed by atoms with Gasteiger partial charge in [0.15, 0.2) is 0 Å². The van der Waals surface area contributed by atoms with E-state index in [1.54, 1.807) is 0 Å². The maximum absolute atomic E-state index is 11.8. The van der Waals surface area contributed by atoms with Gasteiger partial charge in [0.05, 0.1) is 0 Å². The van der Waals surface area contributed by atoms with Crippen molar-refractivity contribution in [2.75, 3.05) is 6.54 Å². The SMILES string of the molecule is CCN(C1CCCC1)C1CCC(NC(C)C)(C(=O)O)C1. The summed E-state index contributed by atoms with van der Waals surface area (Å²) >= 11 is 0. The summed E-state index contributed by atoms with van der Waals surface area (Å²) < 4.78 is 0. The van der Waals surface area contributed by atoms with Gasteiger partial charge in [0.2, 0.25) is 0 Å². The number of rotatable bonds is 6. The number of carbonyl (C=O) groups is 1. The van der Waals surface area contributed by atoms with Crippen molar-refractivity contribution in [1.82, 2.24) is 10.2 Å². The van der Waals surface area contributed by atoms with E-state index < -0.39 is 11.5 Å². The number of carboxylic acids is 1. The fraction of sp³-hybridized carbons (Fsp3) is 0.938. The predicted molar refractivity (Wildman–Crippen MR) is 80.9 cm³/mol. The highest BCUT2D eigenvalue weighted by atomic mass is 16.4. The van der Waals surface area contributed by atoms with Gasteiger partial charge in [0.25, 0.3) is 0 Å². The molecule has 2 aliphatic carbocycles. The second-order valence-corrected chi connectivity index (χ2v) is 6.85. The number of nitrogens with zero attached hydrogens (tertiary/aromatic N) is 1. The van der Waals surface area contributed by atoms with Gasteiger partial charge < -0.3 is 5.11 Å². The minimum Gasteiger partial charge on any atom is -0.480 e. The lowest BCUT2D eigenvalue weighted by Gasteiger charge is -2.35. The fourth-order valence-electron chi connectivity index (χ4n) is 4.29. The highest BCUT2D eigenvalue weighted by Gasteiger charge is 2.47. The number of nitrogens with one attached hydrogen (secondary N) is 1. The molecule has 2 atom stereocenters. The Balaban J connectivity index is 2.06. The lowest BCUT2D eigenvalue weighted by molar-refractivity contribution is -0.145. The van der Waals surface area contributed by atoms with Gasteiger partial charge in [0, 0.05) is 18.1 Å². The second-order valence-electron chi connectivity index (χ2n) is 6.85.